The molecule has 21 heavy (non-hydrogen) atoms. The zero-order valence-corrected chi connectivity index (χ0v) is 11.8. The fourth-order valence-electron chi connectivity index (χ4n) is 1.56. The van der Waals surface area contributed by atoms with Gasteiger partial charge in [0.05, 0.1) is 10.7 Å². The molecule has 1 aromatic heterocycles. The van der Waals surface area contributed by atoms with E-state index in [0.29, 0.717) is 0 Å². The number of allylic oxidation sites excluding steroid dienone is 1. The lowest BCUT2D eigenvalue weighted by atomic mass is 9.93. The summed E-state index contributed by atoms with van der Waals surface area (Å²) in [6.45, 7) is 5.31. The van der Waals surface area contributed by atoms with Gasteiger partial charge in [-0.15, -0.1) is 0 Å². The third kappa shape index (κ3) is 3.07. The van der Waals surface area contributed by atoms with Gasteiger partial charge in [-0.1, -0.05) is 20.8 Å². The van der Waals surface area contributed by atoms with Crippen molar-refractivity contribution in [3.63, 3.8) is 0 Å². The number of hydrogen-bond donors (Lipinski definition) is 1. The van der Waals surface area contributed by atoms with Crippen LogP contribution in [-0.2, 0) is 0 Å². The second-order valence-electron chi connectivity index (χ2n) is 5.58. The van der Waals surface area contributed by atoms with Crippen molar-refractivity contribution < 1.29 is 14.4 Å². The first-order valence-corrected chi connectivity index (χ1v) is 6.19. The predicted octanol–water partition coefficient (Wildman–Crippen LogP) is 3.04. The number of aliphatic hydroxyl groups excluding tert-OH is 1. The van der Waals surface area contributed by atoms with Crippen LogP contribution in [0.25, 0.3) is 17.2 Å². The Morgan fingerprint density at radius 3 is 2.67 bits per heavy atom. The highest BCUT2D eigenvalue weighted by molar-refractivity contribution is 5.75. The van der Waals surface area contributed by atoms with Crippen LogP contribution in [0.3, 0.4) is 0 Å². The summed E-state index contributed by atoms with van der Waals surface area (Å²) in [6.07, 6.45) is 1.21. The number of benzene rings is 1. The molecule has 1 N–H and O–H groups in total. The van der Waals surface area contributed by atoms with Crippen LogP contribution in [0.1, 0.15) is 26.5 Å². The summed E-state index contributed by atoms with van der Waals surface area (Å²) in [7, 11) is 0. The zero-order valence-electron chi connectivity index (χ0n) is 11.8. The molecule has 0 amide bonds. The predicted molar refractivity (Wildman–Crippen MR) is 77.0 cm³/mol. The smallest absolute Gasteiger partial charge is 0.362 e. The van der Waals surface area contributed by atoms with Gasteiger partial charge >= 0.3 is 5.63 Å². The van der Waals surface area contributed by atoms with Gasteiger partial charge in [-0.2, -0.15) is 0 Å². The number of rotatable bonds is 2. The molecule has 110 valence electrons. The maximum Gasteiger partial charge on any atom is 0.362 e. The lowest BCUT2D eigenvalue weighted by Gasteiger charge is -2.16. The summed E-state index contributed by atoms with van der Waals surface area (Å²) in [4.78, 5) is 26.0. The molecule has 7 heteroatoms. The highest BCUT2D eigenvalue weighted by Crippen LogP contribution is 2.24. The summed E-state index contributed by atoms with van der Waals surface area (Å²) in [5, 5.41) is 20.7. The minimum absolute atomic E-state index is 0.0351. The van der Waals surface area contributed by atoms with E-state index in [-0.39, 0.29) is 28.2 Å². The van der Waals surface area contributed by atoms with Gasteiger partial charge < -0.3 is 9.52 Å². The Morgan fingerprint density at radius 2 is 2.10 bits per heavy atom. The molecule has 0 aliphatic heterocycles. The lowest BCUT2D eigenvalue weighted by molar-refractivity contribution is -0.384. The minimum Gasteiger partial charge on any atom is -0.512 e. The third-order valence-electron chi connectivity index (χ3n) is 2.85. The van der Waals surface area contributed by atoms with Gasteiger partial charge in [0, 0.05) is 23.6 Å². The summed E-state index contributed by atoms with van der Waals surface area (Å²) >= 11 is 0. The quantitative estimate of drug-likeness (QED) is 0.517. The van der Waals surface area contributed by atoms with Crippen molar-refractivity contribution in [3.05, 3.63) is 50.2 Å². The van der Waals surface area contributed by atoms with Crippen molar-refractivity contribution in [2.24, 2.45) is 5.41 Å². The number of aromatic nitrogens is 1. The second kappa shape index (κ2) is 5.01. The van der Waals surface area contributed by atoms with Gasteiger partial charge in [0.2, 0.25) is 0 Å². The average molecular weight is 290 g/mol. The summed E-state index contributed by atoms with van der Waals surface area (Å²) in [5.41, 5.74) is -1.19. The van der Waals surface area contributed by atoms with E-state index in [9.17, 15) is 20.0 Å². The topological polar surface area (TPSA) is 106 Å². The van der Waals surface area contributed by atoms with E-state index < -0.39 is 16.0 Å². The number of hydrogen-bond acceptors (Lipinski definition) is 6. The van der Waals surface area contributed by atoms with Gasteiger partial charge in [0.25, 0.3) is 5.69 Å². The van der Waals surface area contributed by atoms with Gasteiger partial charge in [-0.3, -0.25) is 10.1 Å². The largest absolute Gasteiger partial charge is 0.512 e. The van der Waals surface area contributed by atoms with Gasteiger partial charge in [0.15, 0.2) is 11.3 Å². The fraction of sp³-hybridized carbons (Fsp3) is 0.286. The van der Waals surface area contributed by atoms with Crippen molar-refractivity contribution in [2.75, 3.05) is 0 Å². The Bertz CT molecular complexity index is 799. The molecule has 0 saturated carbocycles. The normalized spacial score (nSPS) is 12.6. The van der Waals surface area contributed by atoms with Gasteiger partial charge in [-0.05, 0) is 6.07 Å². The van der Waals surface area contributed by atoms with Crippen molar-refractivity contribution in [2.45, 2.75) is 20.8 Å². The molecule has 0 saturated heterocycles. The monoisotopic (exact) mass is 290 g/mol. The van der Waals surface area contributed by atoms with E-state index in [1.165, 1.54) is 24.3 Å². The summed E-state index contributed by atoms with van der Waals surface area (Å²) < 4.78 is 5.04. The first kappa shape index (κ1) is 14.7. The Kier molecular flexibility index (Phi) is 3.51. The Hall–Kier alpha value is -2.70. The molecule has 0 fully saturated rings. The van der Waals surface area contributed by atoms with E-state index in [4.69, 9.17) is 4.42 Å². The number of nitrogens with zero attached hydrogens (tertiary/aromatic N) is 2. The average Bonchev–Trinajstić information content (AvgIpc) is 2.37. The molecule has 0 unspecified atom stereocenters. The van der Waals surface area contributed by atoms with Crippen molar-refractivity contribution in [1.82, 2.24) is 4.98 Å². The maximum absolute atomic E-state index is 11.8. The molecule has 0 aliphatic carbocycles. The number of aliphatic hydroxyl groups is 1. The highest BCUT2D eigenvalue weighted by Gasteiger charge is 2.18. The van der Waals surface area contributed by atoms with Crippen LogP contribution < -0.4 is 5.63 Å². The Labute approximate surface area is 119 Å². The van der Waals surface area contributed by atoms with Crippen LogP contribution >= 0.6 is 0 Å². The molecule has 2 rings (SSSR count). The highest BCUT2D eigenvalue weighted by atomic mass is 16.6. The molecule has 7 nitrogen and oxygen atoms in total. The summed E-state index contributed by atoms with van der Waals surface area (Å²) in [6, 6.07) is 3.76. The first-order chi connectivity index (χ1) is 9.68. The van der Waals surface area contributed by atoms with Crippen LogP contribution in [0.5, 0.6) is 0 Å². The molecule has 1 heterocycles. The number of fused-ring (bicyclic) bond motifs is 1. The molecule has 0 bridgehead atoms. The van der Waals surface area contributed by atoms with Gasteiger partial charge in [0.1, 0.15) is 5.52 Å². The van der Waals surface area contributed by atoms with Crippen LogP contribution in [0.4, 0.5) is 5.69 Å². The number of nitro benzene ring substituents is 1. The fourth-order valence-corrected chi connectivity index (χ4v) is 1.56. The van der Waals surface area contributed by atoms with Crippen LogP contribution in [0, 0.1) is 15.5 Å². The van der Waals surface area contributed by atoms with E-state index in [2.05, 4.69) is 4.98 Å². The standard InChI is InChI=1S/C14H14N2O5/c1-14(2,3)12(17)7-10-13(18)21-11-5-4-8(16(19)20)6-9(11)15-10/h4-7,17H,1-3H3. The number of non-ortho nitro benzene ring substituents is 1. The molecule has 2 aromatic rings. The minimum atomic E-state index is -0.716. The van der Waals surface area contributed by atoms with Crippen LogP contribution in [0.15, 0.2) is 33.2 Å². The summed E-state index contributed by atoms with van der Waals surface area (Å²) in [5.74, 6) is -0.0351. The van der Waals surface area contributed by atoms with Crippen molar-refractivity contribution in [1.29, 1.82) is 0 Å². The SMILES string of the molecule is CC(C)(C)C(O)=Cc1nc2cc([N+](=O)[O-])ccc2oc1=O. The van der Waals surface area contributed by atoms with Crippen molar-refractivity contribution in [3.8, 4) is 0 Å². The second-order valence-corrected chi connectivity index (χ2v) is 5.58. The van der Waals surface area contributed by atoms with E-state index >= 15 is 0 Å². The lowest BCUT2D eigenvalue weighted by Crippen LogP contribution is -2.12. The van der Waals surface area contributed by atoms with Crippen LogP contribution in [0.2, 0.25) is 0 Å². The number of nitro groups is 1. The molecule has 0 spiro atoms. The molecule has 0 aliphatic rings. The molecular formula is C14H14N2O5. The molecule has 0 atom stereocenters. The zero-order chi connectivity index (χ0) is 15.8. The third-order valence-corrected chi connectivity index (χ3v) is 2.85. The molecule has 1 aromatic carbocycles. The van der Waals surface area contributed by atoms with Gasteiger partial charge in [-0.25, -0.2) is 9.78 Å². The first-order valence-electron chi connectivity index (χ1n) is 6.19. The Morgan fingerprint density at radius 1 is 1.43 bits per heavy atom. The van der Waals surface area contributed by atoms with Crippen LogP contribution in [-0.4, -0.2) is 15.0 Å². The van der Waals surface area contributed by atoms with E-state index in [1.807, 2.05) is 0 Å². The van der Waals surface area contributed by atoms with E-state index in [1.54, 1.807) is 20.8 Å². The van der Waals surface area contributed by atoms with E-state index in [0.717, 1.165) is 0 Å². The molecule has 0 radical (unpaired) electrons. The Balaban J connectivity index is 2.63. The van der Waals surface area contributed by atoms with Crippen molar-refractivity contribution >= 4 is 22.9 Å². The maximum atomic E-state index is 11.8. The molecular weight excluding hydrogens is 276 g/mol.